The molecular weight excluding hydrogens is 829 g/mol. The van der Waals surface area contributed by atoms with Crippen LogP contribution >= 0.6 is 0 Å². The van der Waals surface area contributed by atoms with Gasteiger partial charge in [0.05, 0.1) is 49.0 Å². The standard InChI is InChI=1S/C46H76N6O12/c1-14-28(8)40(35(60-12)23-36(53)52-21-15-16-34(52)41(61-13)29(9)42(48)55)51(11)44(57)39(27(6)7)50-43(56)33(25(2)3)22-37(54)62-24-31-17-19-32(20-18-31)49-46(59)64-30(10)63-45(58)38(47)26(4)5/h17-20,25-30,33-35,38-41H,14-16,21-24,47H2,1-13H3,(H2,48,55)(H,49,59)(H,50,56)/t28-,29+,30?,33?,34-,35+,38-,39-,40?,41+/m0/s1. The van der Waals surface area contributed by atoms with Crippen LogP contribution < -0.4 is 22.1 Å². The van der Waals surface area contributed by atoms with Crippen LogP contribution in [0.1, 0.15) is 107 Å². The molecule has 18 heteroatoms. The number of amides is 5. The molecule has 1 aliphatic rings. The number of benzene rings is 1. The number of carbonyl (C=O) groups excluding carboxylic acids is 7. The van der Waals surface area contributed by atoms with Gasteiger partial charge in [-0.25, -0.2) is 4.79 Å². The van der Waals surface area contributed by atoms with Crippen molar-refractivity contribution in [2.45, 2.75) is 151 Å². The number of hydrogen-bond acceptors (Lipinski definition) is 13. The van der Waals surface area contributed by atoms with Gasteiger partial charge in [-0.2, -0.15) is 0 Å². The SMILES string of the molecule is CC[C@H](C)C([C@@H](CC(=O)N1CCC[C@H]1[C@H](OC)[C@@H](C)C(N)=O)OC)N(C)C(=O)[C@@H](NC(=O)C(CC(=O)OCc1ccc(NC(=O)OC(C)OC(=O)[C@@H](N)C(C)C)cc1)C(C)C)C(C)C. The van der Waals surface area contributed by atoms with Crippen LogP contribution in [-0.4, -0.2) is 122 Å². The van der Waals surface area contributed by atoms with Crippen LogP contribution in [-0.2, 0) is 59.1 Å². The third-order valence-electron chi connectivity index (χ3n) is 12.2. The van der Waals surface area contributed by atoms with E-state index in [4.69, 9.17) is 35.2 Å². The van der Waals surface area contributed by atoms with Crippen molar-refractivity contribution in [3.05, 3.63) is 29.8 Å². The Bertz CT molecular complexity index is 1710. The van der Waals surface area contributed by atoms with Gasteiger partial charge >= 0.3 is 18.0 Å². The lowest BCUT2D eigenvalue weighted by Gasteiger charge is -2.41. The van der Waals surface area contributed by atoms with Crippen molar-refractivity contribution < 1.29 is 57.2 Å². The molecule has 3 unspecified atom stereocenters. The zero-order valence-corrected chi connectivity index (χ0v) is 40.2. The number of ether oxygens (including phenoxy) is 5. The van der Waals surface area contributed by atoms with E-state index in [1.165, 1.54) is 21.1 Å². The number of primary amides is 1. The lowest BCUT2D eigenvalue weighted by atomic mass is 9.88. The van der Waals surface area contributed by atoms with Crippen molar-refractivity contribution in [3.8, 4) is 0 Å². The first-order chi connectivity index (χ1) is 30.0. The molecule has 0 spiro atoms. The molecule has 0 aliphatic carbocycles. The topological polar surface area (TPSA) is 248 Å². The first-order valence-corrected chi connectivity index (χ1v) is 22.4. The quantitative estimate of drug-likeness (QED) is 0.0788. The number of methoxy groups -OCH3 is 2. The van der Waals surface area contributed by atoms with Crippen LogP contribution in [0.4, 0.5) is 10.5 Å². The van der Waals surface area contributed by atoms with Gasteiger partial charge in [0, 0.05) is 40.4 Å². The van der Waals surface area contributed by atoms with E-state index < -0.39 is 78.3 Å². The largest absolute Gasteiger partial charge is 0.461 e. The highest BCUT2D eigenvalue weighted by molar-refractivity contribution is 5.90. The molecule has 1 fully saturated rings. The fourth-order valence-electron chi connectivity index (χ4n) is 7.87. The van der Waals surface area contributed by atoms with E-state index in [0.717, 1.165) is 6.42 Å². The summed E-state index contributed by atoms with van der Waals surface area (Å²) in [5, 5.41) is 5.46. The van der Waals surface area contributed by atoms with E-state index in [-0.39, 0.29) is 61.0 Å². The van der Waals surface area contributed by atoms with E-state index in [9.17, 15) is 33.6 Å². The molecular formula is C46H76N6O12. The van der Waals surface area contributed by atoms with E-state index >= 15 is 0 Å². The van der Waals surface area contributed by atoms with Gasteiger partial charge in [-0.05, 0) is 54.2 Å². The molecule has 10 atom stereocenters. The molecule has 2 rings (SSSR count). The van der Waals surface area contributed by atoms with Crippen LogP contribution in [0.2, 0.25) is 0 Å². The molecule has 0 bridgehead atoms. The Labute approximate surface area is 379 Å². The smallest absolute Gasteiger partial charge is 0.414 e. The zero-order valence-electron chi connectivity index (χ0n) is 40.2. The lowest BCUT2D eigenvalue weighted by molar-refractivity contribution is -0.167. The van der Waals surface area contributed by atoms with E-state index in [1.54, 1.807) is 61.9 Å². The highest BCUT2D eigenvalue weighted by Crippen LogP contribution is 2.30. The lowest BCUT2D eigenvalue weighted by Crippen LogP contribution is -2.58. The first kappa shape index (κ1) is 55.3. The summed E-state index contributed by atoms with van der Waals surface area (Å²) in [6, 6.07) is 3.73. The number of carbonyl (C=O) groups is 7. The monoisotopic (exact) mass is 905 g/mol. The Morgan fingerprint density at radius 3 is 2.00 bits per heavy atom. The molecule has 1 saturated heterocycles. The first-order valence-electron chi connectivity index (χ1n) is 22.4. The third kappa shape index (κ3) is 16.0. The Morgan fingerprint density at radius 1 is 0.859 bits per heavy atom. The molecule has 0 saturated carbocycles. The predicted molar refractivity (Wildman–Crippen MR) is 240 cm³/mol. The molecule has 362 valence electrons. The predicted octanol–water partition coefficient (Wildman–Crippen LogP) is 4.36. The summed E-state index contributed by atoms with van der Waals surface area (Å²) in [5.74, 6) is -5.14. The second-order valence-electron chi connectivity index (χ2n) is 17.9. The van der Waals surface area contributed by atoms with E-state index in [1.807, 2.05) is 41.5 Å². The van der Waals surface area contributed by atoms with Crippen molar-refractivity contribution >= 4 is 47.3 Å². The fraction of sp³-hybridized carbons (Fsp3) is 0.717. The molecule has 0 aromatic heterocycles. The van der Waals surface area contributed by atoms with Gasteiger partial charge in [-0.3, -0.25) is 34.1 Å². The number of likely N-dealkylation sites (tertiary alicyclic amines) is 1. The van der Waals surface area contributed by atoms with Gasteiger partial charge in [0.2, 0.25) is 29.9 Å². The summed E-state index contributed by atoms with van der Waals surface area (Å²) in [5.41, 5.74) is 12.4. The van der Waals surface area contributed by atoms with Crippen molar-refractivity contribution in [3.63, 3.8) is 0 Å². The molecule has 6 N–H and O–H groups in total. The number of rotatable bonds is 25. The third-order valence-corrected chi connectivity index (χ3v) is 12.2. The van der Waals surface area contributed by atoms with E-state index in [2.05, 4.69) is 10.6 Å². The Kier molecular flexibility index (Phi) is 22.7. The van der Waals surface area contributed by atoms with Gasteiger partial charge < -0.3 is 50.3 Å². The summed E-state index contributed by atoms with van der Waals surface area (Å²) < 4.78 is 27.3. The number of likely N-dealkylation sites (N-methyl/N-ethyl adjacent to an activating group) is 1. The number of anilines is 1. The van der Waals surface area contributed by atoms with Crippen molar-refractivity contribution in [2.75, 3.05) is 33.1 Å². The maximum absolute atomic E-state index is 14.4. The zero-order chi connectivity index (χ0) is 48.6. The van der Waals surface area contributed by atoms with Gasteiger partial charge in [0.15, 0.2) is 0 Å². The van der Waals surface area contributed by atoms with Crippen LogP contribution in [0.3, 0.4) is 0 Å². The highest BCUT2D eigenvalue weighted by atomic mass is 16.7. The highest BCUT2D eigenvalue weighted by Gasteiger charge is 2.43. The summed E-state index contributed by atoms with van der Waals surface area (Å²) in [4.78, 5) is 95.1. The molecule has 18 nitrogen and oxygen atoms in total. The number of nitrogens with two attached hydrogens (primary N) is 2. The maximum Gasteiger partial charge on any atom is 0.414 e. The van der Waals surface area contributed by atoms with Crippen LogP contribution in [0, 0.1) is 35.5 Å². The Hall–Kier alpha value is -4.81. The Morgan fingerprint density at radius 2 is 1.48 bits per heavy atom. The number of nitrogens with zero attached hydrogens (tertiary/aromatic N) is 2. The van der Waals surface area contributed by atoms with Gasteiger partial charge in [0.25, 0.3) is 0 Å². The minimum atomic E-state index is -1.17. The van der Waals surface area contributed by atoms with Gasteiger partial charge in [-0.1, -0.05) is 80.9 Å². The average Bonchev–Trinajstić information content (AvgIpc) is 3.72. The van der Waals surface area contributed by atoms with Gasteiger partial charge in [-0.15, -0.1) is 0 Å². The van der Waals surface area contributed by atoms with Crippen molar-refractivity contribution in [2.24, 2.45) is 47.0 Å². The molecule has 64 heavy (non-hydrogen) atoms. The number of hydrogen-bond donors (Lipinski definition) is 4. The van der Waals surface area contributed by atoms with E-state index in [0.29, 0.717) is 30.6 Å². The van der Waals surface area contributed by atoms with Gasteiger partial charge in [0.1, 0.15) is 18.7 Å². The van der Waals surface area contributed by atoms with Crippen LogP contribution in [0.25, 0.3) is 0 Å². The molecule has 1 aliphatic heterocycles. The summed E-state index contributed by atoms with van der Waals surface area (Å²) in [7, 11) is 4.67. The second-order valence-corrected chi connectivity index (χ2v) is 17.9. The molecule has 1 aromatic rings. The van der Waals surface area contributed by atoms with Crippen molar-refractivity contribution in [1.29, 1.82) is 0 Å². The molecule has 0 radical (unpaired) electrons. The van der Waals surface area contributed by atoms with Crippen LogP contribution in [0.15, 0.2) is 24.3 Å². The second kappa shape index (κ2) is 26.2. The average molecular weight is 905 g/mol. The molecule has 1 heterocycles. The minimum Gasteiger partial charge on any atom is -0.461 e. The molecule has 5 amide bonds. The van der Waals surface area contributed by atoms with Crippen molar-refractivity contribution in [1.82, 2.24) is 15.1 Å². The maximum atomic E-state index is 14.4. The summed E-state index contributed by atoms with van der Waals surface area (Å²) in [6.45, 7) is 18.3. The number of esters is 2. The summed E-state index contributed by atoms with van der Waals surface area (Å²) >= 11 is 0. The van der Waals surface area contributed by atoms with Crippen LogP contribution in [0.5, 0.6) is 0 Å². The fourth-order valence-corrected chi connectivity index (χ4v) is 7.87. The Balaban J connectivity index is 2.10. The number of nitrogens with one attached hydrogen (secondary N) is 2. The summed E-state index contributed by atoms with van der Waals surface area (Å²) in [6.07, 6.45) is -1.49. The molecule has 1 aromatic carbocycles. The minimum absolute atomic E-state index is 0.0266. The normalized spacial score (nSPS) is 18.2.